The summed E-state index contributed by atoms with van der Waals surface area (Å²) in [5.74, 6) is -0.467. The smallest absolute Gasteiger partial charge is 0.406 e. The van der Waals surface area contributed by atoms with Gasteiger partial charge in [0.15, 0.2) is 0 Å². The van der Waals surface area contributed by atoms with E-state index in [9.17, 15) is 21.6 Å². The molecule has 0 amide bonds. The number of fused-ring (bicyclic) bond motifs is 1. The Bertz CT molecular complexity index is 976. The molecule has 0 spiro atoms. The molecule has 1 aliphatic rings. The SMILES string of the molecule is CCCN1CCc2ccc(N(C)S(=O)(=O)c3ccc(OC(F)(F)F)cc3)cc2CC1. The molecule has 0 saturated carbocycles. The van der Waals surface area contributed by atoms with Gasteiger partial charge in [0.2, 0.25) is 0 Å². The zero-order valence-corrected chi connectivity index (χ0v) is 17.8. The molecule has 0 fully saturated rings. The van der Waals surface area contributed by atoms with Gasteiger partial charge in [-0.05, 0) is 73.3 Å². The number of nitrogens with zero attached hydrogens (tertiary/aromatic N) is 2. The quantitative estimate of drug-likeness (QED) is 0.672. The average molecular weight is 443 g/mol. The van der Waals surface area contributed by atoms with Gasteiger partial charge in [-0.25, -0.2) is 8.42 Å². The molecule has 0 saturated heterocycles. The summed E-state index contributed by atoms with van der Waals surface area (Å²) in [6.45, 7) is 5.11. The maximum absolute atomic E-state index is 13.0. The largest absolute Gasteiger partial charge is 0.573 e. The van der Waals surface area contributed by atoms with Crippen LogP contribution in [-0.2, 0) is 22.9 Å². The van der Waals surface area contributed by atoms with Crippen LogP contribution in [0.25, 0.3) is 0 Å². The van der Waals surface area contributed by atoms with Gasteiger partial charge in [-0.15, -0.1) is 13.2 Å². The maximum atomic E-state index is 13.0. The topological polar surface area (TPSA) is 49.9 Å². The summed E-state index contributed by atoms with van der Waals surface area (Å²) in [7, 11) is -2.48. The van der Waals surface area contributed by atoms with Crippen molar-refractivity contribution in [2.45, 2.75) is 37.4 Å². The molecule has 0 radical (unpaired) electrons. The number of ether oxygens (including phenoxy) is 1. The number of benzene rings is 2. The molecule has 1 heterocycles. The number of anilines is 1. The second-order valence-electron chi connectivity index (χ2n) is 7.29. The van der Waals surface area contributed by atoms with E-state index in [0.29, 0.717) is 5.69 Å². The van der Waals surface area contributed by atoms with E-state index < -0.39 is 22.1 Å². The van der Waals surface area contributed by atoms with Crippen molar-refractivity contribution in [3.63, 3.8) is 0 Å². The first kappa shape index (κ1) is 22.4. The van der Waals surface area contributed by atoms with Crippen molar-refractivity contribution in [2.75, 3.05) is 31.0 Å². The standard InChI is InChI=1S/C21H25F3N2O3S/c1-3-12-26-13-10-16-4-5-18(15-17(16)11-14-26)25(2)30(27,28)20-8-6-19(7-9-20)29-21(22,23)24/h4-9,15H,3,10-14H2,1-2H3. The fraction of sp³-hybridized carbons (Fsp3) is 0.429. The van der Waals surface area contributed by atoms with Crippen molar-refractivity contribution >= 4 is 15.7 Å². The first-order valence-corrected chi connectivity index (χ1v) is 11.2. The van der Waals surface area contributed by atoms with Crippen LogP contribution in [0.4, 0.5) is 18.9 Å². The summed E-state index contributed by atoms with van der Waals surface area (Å²) in [5.41, 5.74) is 2.87. The molecule has 0 bridgehead atoms. The third-order valence-electron chi connectivity index (χ3n) is 5.20. The van der Waals surface area contributed by atoms with Crippen molar-refractivity contribution in [3.05, 3.63) is 53.6 Å². The third-order valence-corrected chi connectivity index (χ3v) is 7.00. The van der Waals surface area contributed by atoms with Crippen molar-refractivity contribution in [3.8, 4) is 5.75 Å². The van der Waals surface area contributed by atoms with E-state index in [0.717, 1.165) is 73.0 Å². The zero-order chi connectivity index (χ0) is 21.9. The first-order valence-electron chi connectivity index (χ1n) is 9.79. The average Bonchev–Trinajstić information content (AvgIpc) is 2.89. The van der Waals surface area contributed by atoms with Gasteiger partial charge in [0.25, 0.3) is 10.0 Å². The number of hydrogen-bond donors (Lipinski definition) is 0. The molecule has 0 N–H and O–H groups in total. The molecule has 0 unspecified atom stereocenters. The number of hydrogen-bond acceptors (Lipinski definition) is 4. The Morgan fingerprint density at radius 2 is 1.67 bits per heavy atom. The minimum Gasteiger partial charge on any atom is -0.406 e. The van der Waals surface area contributed by atoms with E-state index >= 15 is 0 Å². The molecule has 164 valence electrons. The molecule has 30 heavy (non-hydrogen) atoms. The lowest BCUT2D eigenvalue weighted by Crippen LogP contribution is -2.27. The fourth-order valence-corrected chi connectivity index (χ4v) is 4.79. The molecular weight excluding hydrogens is 417 g/mol. The second kappa shape index (κ2) is 8.85. The normalized spacial score (nSPS) is 15.4. The Morgan fingerprint density at radius 1 is 1.03 bits per heavy atom. The van der Waals surface area contributed by atoms with E-state index in [1.54, 1.807) is 6.07 Å². The van der Waals surface area contributed by atoms with E-state index in [1.165, 1.54) is 12.6 Å². The van der Waals surface area contributed by atoms with Crippen LogP contribution >= 0.6 is 0 Å². The van der Waals surface area contributed by atoms with Crippen molar-refractivity contribution in [1.82, 2.24) is 4.90 Å². The van der Waals surface area contributed by atoms with E-state index in [4.69, 9.17) is 0 Å². The van der Waals surface area contributed by atoms with Gasteiger partial charge in [0, 0.05) is 20.1 Å². The number of sulfonamides is 1. The summed E-state index contributed by atoms with van der Waals surface area (Å²) >= 11 is 0. The second-order valence-corrected chi connectivity index (χ2v) is 9.26. The number of rotatable bonds is 6. The van der Waals surface area contributed by atoms with Gasteiger partial charge >= 0.3 is 6.36 Å². The molecule has 3 rings (SSSR count). The van der Waals surface area contributed by atoms with Gasteiger partial charge in [0.05, 0.1) is 10.6 Å². The predicted octanol–water partition coefficient (Wildman–Crippen LogP) is 4.22. The highest BCUT2D eigenvalue weighted by molar-refractivity contribution is 7.92. The van der Waals surface area contributed by atoms with Gasteiger partial charge in [0.1, 0.15) is 5.75 Å². The van der Waals surface area contributed by atoms with Crippen molar-refractivity contribution in [1.29, 1.82) is 0 Å². The van der Waals surface area contributed by atoms with Gasteiger partial charge in [-0.1, -0.05) is 13.0 Å². The van der Waals surface area contributed by atoms with Crippen LogP contribution in [0.1, 0.15) is 24.5 Å². The molecule has 2 aromatic rings. The molecule has 0 aromatic heterocycles. The first-order chi connectivity index (χ1) is 14.1. The lowest BCUT2D eigenvalue weighted by atomic mass is 10.0. The highest BCUT2D eigenvalue weighted by Gasteiger charge is 2.31. The third kappa shape index (κ3) is 5.26. The maximum Gasteiger partial charge on any atom is 0.573 e. The summed E-state index contributed by atoms with van der Waals surface area (Å²) < 4.78 is 67.8. The number of alkyl halides is 3. The summed E-state index contributed by atoms with van der Waals surface area (Å²) in [6.07, 6.45) is -1.96. The van der Waals surface area contributed by atoms with E-state index in [-0.39, 0.29) is 4.90 Å². The Kier molecular flexibility index (Phi) is 6.62. The molecule has 1 aliphatic heterocycles. The summed E-state index contributed by atoms with van der Waals surface area (Å²) in [5, 5.41) is 0. The van der Waals surface area contributed by atoms with Crippen LogP contribution in [0.5, 0.6) is 5.75 Å². The van der Waals surface area contributed by atoms with E-state index in [2.05, 4.69) is 16.6 Å². The molecule has 0 aliphatic carbocycles. The van der Waals surface area contributed by atoms with Crippen molar-refractivity contribution < 1.29 is 26.3 Å². The molecular formula is C21H25F3N2O3S. The fourth-order valence-electron chi connectivity index (χ4n) is 3.60. The highest BCUT2D eigenvalue weighted by atomic mass is 32.2. The Balaban J connectivity index is 1.80. The predicted molar refractivity (Wildman–Crippen MR) is 109 cm³/mol. The summed E-state index contributed by atoms with van der Waals surface area (Å²) in [4.78, 5) is 2.30. The van der Waals surface area contributed by atoms with Crippen molar-refractivity contribution in [2.24, 2.45) is 0 Å². The minimum absolute atomic E-state index is 0.108. The molecule has 0 atom stereocenters. The zero-order valence-electron chi connectivity index (χ0n) is 16.9. The van der Waals surface area contributed by atoms with Crippen LogP contribution in [0.2, 0.25) is 0 Å². The van der Waals surface area contributed by atoms with Gasteiger partial charge in [-0.2, -0.15) is 0 Å². The van der Waals surface area contributed by atoms with Gasteiger partial charge in [-0.3, -0.25) is 4.31 Å². The minimum atomic E-state index is -4.83. The Morgan fingerprint density at radius 3 is 2.27 bits per heavy atom. The van der Waals surface area contributed by atoms with Crippen LogP contribution in [0.15, 0.2) is 47.4 Å². The van der Waals surface area contributed by atoms with E-state index in [1.807, 2.05) is 12.1 Å². The Hall–Kier alpha value is -2.26. The van der Waals surface area contributed by atoms with Gasteiger partial charge < -0.3 is 9.64 Å². The summed E-state index contributed by atoms with van der Waals surface area (Å²) in [6, 6.07) is 9.84. The molecule has 2 aromatic carbocycles. The lowest BCUT2D eigenvalue weighted by Gasteiger charge is -2.21. The molecule has 9 heteroatoms. The van der Waals surface area contributed by atoms with Crippen LogP contribution < -0.4 is 9.04 Å². The Labute approximate surface area is 175 Å². The monoisotopic (exact) mass is 442 g/mol. The highest BCUT2D eigenvalue weighted by Crippen LogP contribution is 2.28. The van der Waals surface area contributed by atoms with Crippen LogP contribution in [0.3, 0.4) is 0 Å². The van der Waals surface area contributed by atoms with Crippen LogP contribution in [-0.4, -0.2) is 46.4 Å². The molecule has 5 nitrogen and oxygen atoms in total. The number of halogens is 3. The lowest BCUT2D eigenvalue weighted by molar-refractivity contribution is -0.274. The van der Waals surface area contributed by atoms with Crippen LogP contribution in [0, 0.1) is 0 Å².